The number of hydrogen-bond donors (Lipinski definition) is 0. The van der Waals surface area contributed by atoms with Crippen molar-refractivity contribution in [3.63, 3.8) is 0 Å². The van der Waals surface area contributed by atoms with Crippen molar-refractivity contribution in [1.82, 2.24) is 0 Å². The van der Waals surface area contributed by atoms with Crippen LogP contribution in [0.1, 0.15) is 24.9 Å². The lowest BCUT2D eigenvalue weighted by Gasteiger charge is -2.06. The Labute approximate surface area is 76.1 Å². The number of halogens is 1. The fraction of sp³-hybridized carbons (Fsp3) is 0.300. The molecule has 1 aromatic rings. The summed E-state index contributed by atoms with van der Waals surface area (Å²) in [6.45, 7) is 1.91. The molecule has 0 N–H and O–H groups in total. The molecule has 68 valence electrons. The summed E-state index contributed by atoms with van der Waals surface area (Å²) in [5, 5.41) is 0. The molecule has 13 heavy (non-hydrogen) atoms. The van der Waals surface area contributed by atoms with Crippen LogP contribution < -0.4 is 0 Å². The highest BCUT2D eigenvalue weighted by molar-refractivity contribution is 5.35. The minimum Gasteiger partial charge on any atom is -0.211 e. The van der Waals surface area contributed by atoms with Crippen molar-refractivity contribution in [3.05, 3.63) is 35.6 Å². The Hall–Kier alpha value is -1.47. The highest BCUT2D eigenvalue weighted by Gasteiger charge is 2.06. The molecule has 0 bridgehead atoms. The van der Waals surface area contributed by atoms with Gasteiger partial charge in [0.2, 0.25) is 6.08 Å². The van der Waals surface area contributed by atoms with Gasteiger partial charge in [0.1, 0.15) is 5.82 Å². The first-order valence-corrected chi connectivity index (χ1v) is 4.10. The predicted molar refractivity (Wildman–Crippen MR) is 47.6 cm³/mol. The molecule has 0 aromatic heterocycles. The first kappa shape index (κ1) is 9.62. The lowest BCUT2D eigenvalue weighted by atomic mass is 10.1. The normalized spacial score (nSPS) is 11.8. The third-order valence-electron chi connectivity index (χ3n) is 1.85. The Kier molecular flexibility index (Phi) is 3.35. The molecule has 3 heteroatoms. The molecule has 0 heterocycles. The molecule has 0 saturated carbocycles. The standard InChI is InChI=1S/C10H10FNO/c1-2-10(12-7-13)8-3-5-9(11)6-4-8/h3-6,10H,2H2,1H3/t10-/m1/s1. The maximum atomic E-state index is 12.5. The largest absolute Gasteiger partial charge is 0.235 e. The molecule has 0 aliphatic rings. The summed E-state index contributed by atoms with van der Waals surface area (Å²) in [6.07, 6.45) is 2.22. The van der Waals surface area contributed by atoms with Crippen LogP contribution in [-0.2, 0) is 4.79 Å². The molecule has 0 amide bonds. The highest BCUT2D eigenvalue weighted by Crippen LogP contribution is 2.20. The molecule has 0 unspecified atom stereocenters. The van der Waals surface area contributed by atoms with Gasteiger partial charge >= 0.3 is 0 Å². The van der Waals surface area contributed by atoms with E-state index in [1.807, 2.05) is 6.92 Å². The van der Waals surface area contributed by atoms with Crippen molar-refractivity contribution in [1.29, 1.82) is 0 Å². The molecule has 1 aromatic carbocycles. The van der Waals surface area contributed by atoms with E-state index in [0.717, 1.165) is 5.56 Å². The van der Waals surface area contributed by atoms with Gasteiger partial charge in [0.05, 0.1) is 6.04 Å². The van der Waals surface area contributed by atoms with Gasteiger partial charge in [-0.3, -0.25) is 0 Å². The van der Waals surface area contributed by atoms with Crippen LogP contribution in [0.4, 0.5) is 4.39 Å². The summed E-state index contributed by atoms with van der Waals surface area (Å²) in [5.74, 6) is -0.284. The molecule has 0 saturated heterocycles. The first-order chi connectivity index (χ1) is 6.27. The number of isocyanates is 1. The zero-order valence-electron chi connectivity index (χ0n) is 7.33. The van der Waals surface area contributed by atoms with Crippen molar-refractivity contribution in [2.75, 3.05) is 0 Å². The molecular weight excluding hydrogens is 169 g/mol. The summed E-state index contributed by atoms with van der Waals surface area (Å²) < 4.78 is 12.5. The molecule has 0 spiro atoms. The van der Waals surface area contributed by atoms with E-state index in [9.17, 15) is 9.18 Å². The number of aliphatic imine (C=N–C) groups is 1. The quantitative estimate of drug-likeness (QED) is 0.518. The van der Waals surface area contributed by atoms with E-state index >= 15 is 0 Å². The maximum absolute atomic E-state index is 12.5. The van der Waals surface area contributed by atoms with Crippen LogP contribution in [0.3, 0.4) is 0 Å². The zero-order valence-corrected chi connectivity index (χ0v) is 7.33. The molecular formula is C10H10FNO. The van der Waals surface area contributed by atoms with Gasteiger partial charge in [-0.15, -0.1) is 0 Å². The van der Waals surface area contributed by atoms with Gasteiger partial charge in [-0.25, -0.2) is 9.18 Å². The number of nitrogens with zero attached hydrogens (tertiary/aromatic N) is 1. The fourth-order valence-electron chi connectivity index (χ4n) is 1.15. The van der Waals surface area contributed by atoms with Crippen LogP contribution in [0.15, 0.2) is 29.3 Å². The minimum atomic E-state index is -0.284. The molecule has 1 atom stereocenters. The van der Waals surface area contributed by atoms with E-state index < -0.39 is 0 Å². The van der Waals surface area contributed by atoms with E-state index in [1.165, 1.54) is 18.2 Å². The number of benzene rings is 1. The van der Waals surface area contributed by atoms with E-state index in [-0.39, 0.29) is 11.9 Å². The summed E-state index contributed by atoms with van der Waals surface area (Å²) in [5.41, 5.74) is 0.840. The second kappa shape index (κ2) is 4.53. The lowest BCUT2D eigenvalue weighted by Crippen LogP contribution is -1.92. The maximum Gasteiger partial charge on any atom is 0.235 e. The number of rotatable bonds is 3. The average Bonchev–Trinajstić information content (AvgIpc) is 2.16. The lowest BCUT2D eigenvalue weighted by molar-refractivity contribution is 0.555. The average molecular weight is 179 g/mol. The highest BCUT2D eigenvalue weighted by atomic mass is 19.1. The van der Waals surface area contributed by atoms with E-state index in [2.05, 4.69) is 4.99 Å². The third-order valence-corrected chi connectivity index (χ3v) is 1.85. The van der Waals surface area contributed by atoms with Gasteiger partial charge < -0.3 is 0 Å². The second-order valence-corrected chi connectivity index (χ2v) is 2.70. The van der Waals surface area contributed by atoms with E-state index in [4.69, 9.17) is 0 Å². The fourth-order valence-corrected chi connectivity index (χ4v) is 1.15. The van der Waals surface area contributed by atoms with Crippen molar-refractivity contribution >= 4 is 6.08 Å². The van der Waals surface area contributed by atoms with Gasteiger partial charge in [0, 0.05) is 0 Å². The SMILES string of the molecule is CC[C@@H](N=C=O)c1ccc(F)cc1. The van der Waals surface area contributed by atoms with Gasteiger partial charge in [0.15, 0.2) is 0 Å². The molecule has 2 nitrogen and oxygen atoms in total. The summed E-state index contributed by atoms with van der Waals surface area (Å²) in [7, 11) is 0. The van der Waals surface area contributed by atoms with E-state index in [1.54, 1.807) is 12.1 Å². The molecule has 1 rings (SSSR count). The Balaban J connectivity index is 2.91. The van der Waals surface area contributed by atoms with Gasteiger partial charge in [-0.2, -0.15) is 4.99 Å². The van der Waals surface area contributed by atoms with Gasteiger partial charge in [-0.05, 0) is 24.1 Å². The Bertz CT molecular complexity index is 314. The number of hydrogen-bond acceptors (Lipinski definition) is 2. The number of carbonyl (C=O) groups excluding carboxylic acids is 1. The van der Waals surface area contributed by atoms with Crippen molar-refractivity contribution in [2.45, 2.75) is 19.4 Å². The summed E-state index contributed by atoms with van der Waals surface area (Å²) in [6, 6.07) is 5.78. The van der Waals surface area contributed by atoms with Gasteiger partial charge in [0.25, 0.3) is 0 Å². The molecule has 0 radical (unpaired) electrons. The van der Waals surface area contributed by atoms with Crippen LogP contribution in [-0.4, -0.2) is 6.08 Å². The summed E-state index contributed by atoms with van der Waals surface area (Å²) >= 11 is 0. The Morgan fingerprint density at radius 1 is 1.46 bits per heavy atom. The summed E-state index contributed by atoms with van der Waals surface area (Å²) in [4.78, 5) is 13.7. The van der Waals surface area contributed by atoms with Crippen LogP contribution in [0.25, 0.3) is 0 Å². The van der Waals surface area contributed by atoms with Crippen LogP contribution in [0, 0.1) is 5.82 Å². The predicted octanol–water partition coefficient (Wildman–Crippen LogP) is 2.61. The van der Waals surface area contributed by atoms with Crippen LogP contribution >= 0.6 is 0 Å². The van der Waals surface area contributed by atoms with Crippen molar-refractivity contribution in [2.24, 2.45) is 4.99 Å². The monoisotopic (exact) mass is 179 g/mol. The van der Waals surface area contributed by atoms with Crippen molar-refractivity contribution in [3.8, 4) is 0 Å². The Morgan fingerprint density at radius 2 is 2.08 bits per heavy atom. The topological polar surface area (TPSA) is 29.4 Å². The van der Waals surface area contributed by atoms with E-state index in [0.29, 0.717) is 6.42 Å². The minimum absolute atomic E-state index is 0.196. The van der Waals surface area contributed by atoms with Crippen molar-refractivity contribution < 1.29 is 9.18 Å². The van der Waals surface area contributed by atoms with Crippen LogP contribution in [0.5, 0.6) is 0 Å². The molecule has 0 aliphatic carbocycles. The Morgan fingerprint density at radius 3 is 2.54 bits per heavy atom. The molecule has 0 aliphatic heterocycles. The first-order valence-electron chi connectivity index (χ1n) is 4.10. The third kappa shape index (κ3) is 2.49. The van der Waals surface area contributed by atoms with Gasteiger partial charge in [-0.1, -0.05) is 19.1 Å². The molecule has 0 fully saturated rings. The second-order valence-electron chi connectivity index (χ2n) is 2.70. The smallest absolute Gasteiger partial charge is 0.211 e. The van der Waals surface area contributed by atoms with Crippen LogP contribution in [0.2, 0.25) is 0 Å². The zero-order chi connectivity index (χ0) is 9.68.